The number of anilines is 2. The van der Waals surface area contributed by atoms with Gasteiger partial charge in [0.1, 0.15) is 17.5 Å². The van der Waals surface area contributed by atoms with Gasteiger partial charge in [0.2, 0.25) is 11.0 Å². The number of Topliss-reactive ketones (excluding diaryl/α,β-unsaturated/α-hetero) is 1. The summed E-state index contributed by atoms with van der Waals surface area (Å²) in [5, 5.41) is 22.1. The molecule has 1 aliphatic carbocycles. The van der Waals surface area contributed by atoms with Crippen LogP contribution in [0.5, 0.6) is 0 Å². The zero-order chi connectivity index (χ0) is 27.7. The van der Waals surface area contributed by atoms with E-state index in [1.165, 1.54) is 35.4 Å². The normalized spacial score (nSPS) is 17.2. The first-order valence-electron chi connectivity index (χ1n) is 11.6. The van der Waals surface area contributed by atoms with Crippen LogP contribution in [0, 0.1) is 17.1 Å². The van der Waals surface area contributed by atoms with Crippen LogP contribution in [-0.4, -0.2) is 32.6 Å². The fraction of sp³-hybridized carbons (Fsp3) is 0.200. The molecule has 1 unspecified atom stereocenters. The van der Waals surface area contributed by atoms with Crippen molar-refractivity contribution in [3.63, 3.8) is 0 Å². The Hall–Kier alpha value is -3.31. The van der Waals surface area contributed by atoms with E-state index in [1.807, 2.05) is 0 Å². The molecule has 9 nitrogen and oxygen atoms in total. The summed E-state index contributed by atoms with van der Waals surface area (Å²) in [5.74, 6) is -0.990. The average molecular weight is 647 g/mol. The molecule has 3 N–H and O–H groups in total. The van der Waals surface area contributed by atoms with Crippen LogP contribution in [0.15, 0.2) is 68.0 Å². The van der Waals surface area contributed by atoms with Gasteiger partial charge in [-0.3, -0.25) is 14.5 Å². The summed E-state index contributed by atoms with van der Waals surface area (Å²) < 4.78 is 14.7. The minimum atomic E-state index is -0.724. The zero-order valence-electron chi connectivity index (χ0n) is 20.0. The Kier molecular flexibility index (Phi) is 7.99. The standard InChI is InChI=1S/C25H18BrClFN7O2S2/c26-15-8-12(4-6-16(15)28)21-14(9-29)23(30)35(17-2-1-3-18(36)22(17)21)24-33-34-25(39-24)38-11-20(37)32-19-7-5-13(27)10-31-19/h4-8,10,21H,1-3,11,30H2,(H,31,32,37). The van der Waals surface area contributed by atoms with Crippen LogP contribution in [0.4, 0.5) is 15.3 Å². The van der Waals surface area contributed by atoms with Crippen molar-refractivity contribution in [3.05, 3.63) is 80.1 Å². The monoisotopic (exact) mass is 645 g/mol. The number of nitriles is 1. The average Bonchev–Trinajstić information content (AvgIpc) is 3.38. The van der Waals surface area contributed by atoms with Gasteiger partial charge in [0.25, 0.3) is 0 Å². The molecule has 1 amide bonds. The fourth-order valence-corrected chi connectivity index (χ4v) is 6.63. The molecule has 1 aliphatic heterocycles. The number of aromatic nitrogens is 3. The number of nitrogens with zero attached hydrogens (tertiary/aromatic N) is 5. The summed E-state index contributed by atoms with van der Waals surface area (Å²) in [5.41, 5.74) is 8.39. The van der Waals surface area contributed by atoms with Gasteiger partial charge in [-0.1, -0.05) is 40.8 Å². The zero-order valence-corrected chi connectivity index (χ0v) is 23.9. The number of pyridine rings is 1. The highest BCUT2D eigenvalue weighted by Crippen LogP contribution is 2.47. The number of ketones is 1. The van der Waals surface area contributed by atoms with E-state index >= 15 is 0 Å². The van der Waals surface area contributed by atoms with Gasteiger partial charge in [-0.15, -0.1) is 10.2 Å². The fourth-order valence-electron chi connectivity index (χ4n) is 4.44. The van der Waals surface area contributed by atoms with Crippen LogP contribution in [0.1, 0.15) is 30.7 Å². The largest absolute Gasteiger partial charge is 0.384 e. The number of carbonyl (C=O) groups excluding carboxylic acids is 2. The number of nitrogens with one attached hydrogen (secondary N) is 1. The Balaban J connectivity index is 1.43. The number of allylic oxidation sites excluding steroid dienone is 3. The Labute approximate surface area is 244 Å². The molecule has 3 heterocycles. The highest BCUT2D eigenvalue weighted by Gasteiger charge is 2.41. The predicted octanol–water partition coefficient (Wildman–Crippen LogP) is 5.52. The summed E-state index contributed by atoms with van der Waals surface area (Å²) in [4.78, 5) is 31.2. The minimum Gasteiger partial charge on any atom is -0.384 e. The maximum absolute atomic E-state index is 14.0. The van der Waals surface area contributed by atoms with E-state index in [0.717, 1.165) is 0 Å². The molecule has 0 saturated carbocycles. The molecule has 14 heteroatoms. The number of benzene rings is 1. The third kappa shape index (κ3) is 5.56. The molecule has 0 bridgehead atoms. The first-order chi connectivity index (χ1) is 18.8. The van der Waals surface area contributed by atoms with Crippen LogP contribution >= 0.6 is 50.6 Å². The van der Waals surface area contributed by atoms with Crippen LogP contribution in [0.3, 0.4) is 0 Å². The van der Waals surface area contributed by atoms with Crippen molar-refractivity contribution in [1.29, 1.82) is 5.26 Å². The molecule has 0 saturated heterocycles. The highest BCUT2D eigenvalue weighted by atomic mass is 79.9. The molecular weight excluding hydrogens is 629 g/mol. The summed E-state index contributed by atoms with van der Waals surface area (Å²) in [7, 11) is 0. The second-order valence-corrected chi connectivity index (χ2v) is 12.0. The Morgan fingerprint density at radius 1 is 1.33 bits per heavy atom. The van der Waals surface area contributed by atoms with E-state index in [2.05, 4.69) is 42.5 Å². The van der Waals surface area contributed by atoms with Crippen molar-refractivity contribution in [2.45, 2.75) is 29.5 Å². The molecule has 3 aromatic rings. The molecule has 0 spiro atoms. The van der Waals surface area contributed by atoms with E-state index < -0.39 is 11.7 Å². The molecule has 1 atom stereocenters. The van der Waals surface area contributed by atoms with Crippen LogP contribution < -0.4 is 16.0 Å². The first kappa shape index (κ1) is 27.3. The van der Waals surface area contributed by atoms with Gasteiger partial charge < -0.3 is 11.1 Å². The molecule has 2 aromatic heterocycles. The second kappa shape index (κ2) is 11.4. The van der Waals surface area contributed by atoms with Crippen molar-refractivity contribution in [3.8, 4) is 6.07 Å². The van der Waals surface area contributed by atoms with Crippen molar-refractivity contribution in [2.24, 2.45) is 5.73 Å². The lowest BCUT2D eigenvalue weighted by molar-refractivity contribution is -0.116. The Morgan fingerprint density at radius 3 is 2.87 bits per heavy atom. The summed E-state index contributed by atoms with van der Waals surface area (Å²) in [6.07, 6.45) is 2.92. The second-order valence-electron chi connectivity index (χ2n) is 8.54. The number of hydrogen-bond acceptors (Lipinski definition) is 10. The minimum absolute atomic E-state index is 0.0572. The lowest BCUT2D eigenvalue weighted by Crippen LogP contribution is -2.38. The van der Waals surface area contributed by atoms with E-state index in [0.29, 0.717) is 56.4 Å². The number of carbonyl (C=O) groups is 2. The topological polar surface area (TPSA) is 138 Å². The third-order valence-electron chi connectivity index (χ3n) is 6.10. The van der Waals surface area contributed by atoms with Crippen LogP contribution in [0.25, 0.3) is 0 Å². The molecule has 198 valence electrons. The molecule has 0 fully saturated rings. The van der Waals surface area contributed by atoms with Crippen LogP contribution in [-0.2, 0) is 9.59 Å². The van der Waals surface area contributed by atoms with Gasteiger partial charge in [-0.2, -0.15) is 5.26 Å². The number of rotatable bonds is 6. The summed E-state index contributed by atoms with van der Waals surface area (Å²) in [6, 6.07) is 9.80. The van der Waals surface area contributed by atoms with Gasteiger partial charge in [0, 0.05) is 23.9 Å². The number of amides is 1. The van der Waals surface area contributed by atoms with Crippen molar-refractivity contribution in [1.82, 2.24) is 15.2 Å². The van der Waals surface area contributed by atoms with Gasteiger partial charge in [-0.25, -0.2) is 9.37 Å². The van der Waals surface area contributed by atoms with E-state index in [-0.39, 0.29) is 33.3 Å². The Morgan fingerprint density at radius 2 is 2.15 bits per heavy atom. The van der Waals surface area contributed by atoms with Crippen molar-refractivity contribution in [2.75, 3.05) is 16.0 Å². The maximum Gasteiger partial charge on any atom is 0.235 e. The molecule has 0 radical (unpaired) electrons. The van der Waals surface area contributed by atoms with E-state index in [1.54, 1.807) is 29.2 Å². The SMILES string of the molecule is N#CC1=C(N)N(c2nnc(SCC(=O)Nc3ccc(Cl)cn3)s2)C2=C(C(=O)CCC2)C1c1ccc(F)c(Br)c1. The molecule has 39 heavy (non-hydrogen) atoms. The van der Waals surface area contributed by atoms with Crippen LogP contribution in [0.2, 0.25) is 5.02 Å². The molecule has 2 aliphatic rings. The summed E-state index contributed by atoms with van der Waals surface area (Å²) in [6.45, 7) is 0. The molecular formula is C25H18BrClFN7O2S2. The number of thioether (sulfide) groups is 1. The van der Waals surface area contributed by atoms with E-state index in [4.69, 9.17) is 17.3 Å². The van der Waals surface area contributed by atoms with E-state index in [9.17, 15) is 19.2 Å². The quantitative estimate of drug-likeness (QED) is 0.331. The number of halogens is 3. The molecule has 1 aromatic carbocycles. The van der Waals surface area contributed by atoms with Crippen molar-refractivity contribution >= 4 is 73.3 Å². The van der Waals surface area contributed by atoms with Gasteiger partial charge in [0.05, 0.1) is 32.8 Å². The lowest BCUT2D eigenvalue weighted by Gasteiger charge is -2.38. The van der Waals surface area contributed by atoms with Gasteiger partial charge in [-0.05, 0) is 58.6 Å². The van der Waals surface area contributed by atoms with Gasteiger partial charge in [0.15, 0.2) is 10.1 Å². The Bertz CT molecular complexity index is 1590. The smallest absolute Gasteiger partial charge is 0.235 e. The number of hydrogen-bond donors (Lipinski definition) is 2. The lowest BCUT2D eigenvalue weighted by atomic mass is 9.76. The number of nitrogens with two attached hydrogens (primary N) is 1. The third-order valence-corrected chi connectivity index (χ3v) is 8.97. The molecule has 5 rings (SSSR count). The summed E-state index contributed by atoms with van der Waals surface area (Å²) >= 11 is 11.4. The highest BCUT2D eigenvalue weighted by molar-refractivity contribution is 9.10. The maximum atomic E-state index is 14.0. The first-order valence-corrected chi connectivity index (χ1v) is 14.5. The predicted molar refractivity (Wildman–Crippen MR) is 151 cm³/mol. The van der Waals surface area contributed by atoms with Crippen molar-refractivity contribution < 1.29 is 14.0 Å². The van der Waals surface area contributed by atoms with Gasteiger partial charge >= 0.3 is 0 Å².